The standard InChI is InChI=1S/C15H22N2O2/c1-3-12(8-10-4-5-10)17-15(18)11-6-7-14(19-2)13(16)9-11/h6-7,9-10,12H,3-5,8,16H2,1-2H3,(H,17,18). The molecule has 2 rings (SSSR count). The number of hydrogen-bond donors (Lipinski definition) is 2. The topological polar surface area (TPSA) is 64.3 Å². The monoisotopic (exact) mass is 262 g/mol. The average molecular weight is 262 g/mol. The molecule has 1 fully saturated rings. The fourth-order valence-corrected chi connectivity index (χ4v) is 2.23. The molecular weight excluding hydrogens is 240 g/mol. The Labute approximate surface area is 114 Å². The van der Waals surface area contributed by atoms with Crippen LogP contribution in [0, 0.1) is 5.92 Å². The first-order valence-corrected chi connectivity index (χ1v) is 6.88. The highest BCUT2D eigenvalue weighted by molar-refractivity contribution is 5.95. The van der Waals surface area contributed by atoms with E-state index in [0.717, 1.165) is 18.8 Å². The third kappa shape index (κ3) is 3.63. The third-order valence-corrected chi connectivity index (χ3v) is 3.63. The van der Waals surface area contributed by atoms with Crippen LogP contribution in [-0.4, -0.2) is 19.1 Å². The predicted molar refractivity (Wildman–Crippen MR) is 76.3 cm³/mol. The van der Waals surface area contributed by atoms with Gasteiger partial charge in [-0.3, -0.25) is 4.79 Å². The van der Waals surface area contributed by atoms with E-state index in [-0.39, 0.29) is 11.9 Å². The summed E-state index contributed by atoms with van der Waals surface area (Å²) in [5.74, 6) is 1.36. The minimum Gasteiger partial charge on any atom is -0.495 e. The Bertz CT molecular complexity index is 455. The van der Waals surface area contributed by atoms with Crippen molar-refractivity contribution in [3.63, 3.8) is 0 Å². The van der Waals surface area contributed by atoms with Gasteiger partial charge in [0.1, 0.15) is 5.75 Å². The number of amides is 1. The highest BCUT2D eigenvalue weighted by Crippen LogP contribution is 2.34. The summed E-state index contributed by atoms with van der Waals surface area (Å²) in [5, 5.41) is 3.08. The van der Waals surface area contributed by atoms with Crippen LogP contribution in [0.3, 0.4) is 0 Å². The van der Waals surface area contributed by atoms with E-state index in [1.54, 1.807) is 25.3 Å². The minimum absolute atomic E-state index is 0.0538. The van der Waals surface area contributed by atoms with Crippen molar-refractivity contribution in [1.29, 1.82) is 0 Å². The molecule has 104 valence electrons. The quantitative estimate of drug-likeness (QED) is 0.774. The Hall–Kier alpha value is -1.71. The van der Waals surface area contributed by atoms with Gasteiger partial charge in [0.05, 0.1) is 12.8 Å². The Morgan fingerprint density at radius 3 is 2.79 bits per heavy atom. The van der Waals surface area contributed by atoms with Crippen LogP contribution in [0.25, 0.3) is 0 Å². The van der Waals surface area contributed by atoms with Gasteiger partial charge in [-0.2, -0.15) is 0 Å². The van der Waals surface area contributed by atoms with Crippen LogP contribution in [0.15, 0.2) is 18.2 Å². The Morgan fingerprint density at radius 1 is 1.53 bits per heavy atom. The lowest BCUT2D eigenvalue weighted by Gasteiger charge is -2.17. The Morgan fingerprint density at radius 2 is 2.26 bits per heavy atom. The normalized spacial score (nSPS) is 15.9. The van der Waals surface area contributed by atoms with Crippen LogP contribution in [0.4, 0.5) is 5.69 Å². The highest BCUT2D eigenvalue weighted by Gasteiger charge is 2.25. The molecular formula is C15H22N2O2. The molecule has 3 N–H and O–H groups in total. The van der Waals surface area contributed by atoms with Gasteiger partial charge in [0.15, 0.2) is 0 Å². The largest absolute Gasteiger partial charge is 0.495 e. The molecule has 0 heterocycles. The van der Waals surface area contributed by atoms with Crippen molar-refractivity contribution >= 4 is 11.6 Å². The lowest BCUT2D eigenvalue weighted by Crippen LogP contribution is -2.34. The van der Waals surface area contributed by atoms with Crippen molar-refractivity contribution in [2.24, 2.45) is 5.92 Å². The molecule has 1 atom stereocenters. The van der Waals surface area contributed by atoms with E-state index >= 15 is 0 Å². The van der Waals surface area contributed by atoms with Gasteiger partial charge in [-0.25, -0.2) is 0 Å². The van der Waals surface area contributed by atoms with Crippen LogP contribution >= 0.6 is 0 Å². The maximum atomic E-state index is 12.2. The minimum atomic E-state index is -0.0538. The first-order chi connectivity index (χ1) is 9.13. The van der Waals surface area contributed by atoms with Gasteiger partial charge in [-0.1, -0.05) is 19.8 Å². The number of nitrogen functional groups attached to an aromatic ring is 1. The SMILES string of the molecule is CCC(CC1CC1)NC(=O)c1ccc(OC)c(N)c1. The maximum Gasteiger partial charge on any atom is 0.251 e. The first kappa shape index (κ1) is 13.7. The van der Waals surface area contributed by atoms with Gasteiger partial charge >= 0.3 is 0 Å². The molecule has 1 saturated carbocycles. The zero-order chi connectivity index (χ0) is 13.8. The fraction of sp³-hybridized carbons (Fsp3) is 0.533. The second-order valence-corrected chi connectivity index (χ2v) is 5.21. The van der Waals surface area contributed by atoms with Gasteiger partial charge < -0.3 is 15.8 Å². The summed E-state index contributed by atoms with van der Waals surface area (Å²) < 4.78 is 5.09. The van der Waals surface area contributed by atoms with E-state index in [1.807, 2.05) is 0 Å². The molecule has 1 aliphatic rings. The number of nitrogens with two attached hydrogens (primary N) is 1. The zero-order valence-electron chi connectivity index (χ0n) is 11.6. The van der Waals surface area contributed by atoms with Crippen molar-refractivity contribution in [2.45, 2.75) is 38.6 Å². The van der Waals surface area contributed by atoms with Crippen molar-refractivity contribution in [3.8, 4) is 5.75 Å². The highest BCUT2D eigenvalue weighted by atomic mass is 16.5. The number of anilines is 1. The molecule has 0 radical (unpaired) electrons. The average Bonchev–Trinajstić information content (AvgIpc) is 3.21. The smallest absolute Gasteiger partial charge is 0.251 e. The summed E-state index contributed by atoms with van der Waals surface area (Å²) in [5.41, 5.74) is 6.90. The lowest BCUT2D eigenvalue weighted by atomic mass is 10.1. The lowest BCUT2D eigenvalue weighted by molar-refractivity contribution is 0.0932. The Kier molecular flexibility index (Phi) is 4.30. The second-order valence-electron chi connectivity index (χ2n) is 5.21. The van der Waals surface area contributed by atoms with Gasteiger partial charge in [-0.15, -0.1) is 0 Å². The van der Waals surface area contributed by atoms with Gasteiger partial charge in [0.2, 0.25) is 0 Å². The number of carbonyl (C=O) groups is 1. The molecule has 4 nitrogen and oxygen atoms in total. The zero-order valence-corrected chi connectivity index (χ0v) is 11.6. The summed E-state index contributed by atoms with van der Waals surface area (Å²) in [4.78, 5) is 12.2. The predicted octanol–water partition coefficient (Wildman–Crippen LogP) is 2.59. The molecule has 4 heteroatoms. The van der Waals surface area contributed by atoms with Gasteiger partial charge in [0, 0.05) is 11.6 Å². The van der Waals surface area contributed by atoms with Crippen molar-refractivity contribution in [2.75, 3.05) is 12.8 Å². The molecule has 19 heavy (non-hydrogen) atoms. The third-order valence-electron chi connectivity index (χ3n) is 3.63. The molecule has 1 aromatic rings. The summed E-state index contributed by atoms with van der Waals surface area (Å²) in [6.07, 6.45) is 4.67. The van der Waals surface area contributed by atoms with Crippen molar-refractivity contribution in [3.05, 3.63) is 23.8 Å². The molecule has 0 spiro atoms. The van der Waals surface area contributed by atoms with Crippen LogP contribution in [-0.2, 0) is 0 Å². The summed E-state index contributed by atoms with van der Waals surface area (Å²) in [6, 6.07) is 5.40. The van der Waals surface area contributed by atoms with E-state index in [9.17, 15) is 4.79 Å². The number of carbonyl (C=O) groups excluding carboxylic acids is 1. The second kappa shape index (κ2) is 5.95. The van der Waals surface area contributed by atoms with E-state index in [4.69, 9.17) is 10.5 Å². The number of nitrogens with one attached hydrogen (secondary N) is 1. The molecule has 0 bridgehead atoms. The molecule has 1 aliphatic carbocycles. The summed E-state index contributed by atoms with van der Waals surface area (Å²) in [6.45, 7) is 2.11. The molecule has 1 aromatic carbocycles. The maximum absolute atomic E-state index is 12.2. The summed E-state index contributed by atoms with van der Waals surface area (Å²) in [7, 11) is 1.56. The van der Waals surface area contributed by atoms with Crippen LogP contribution in [0.5, 0.6) is 5.75 Å². The molecule has 0 aromatic heterocycles. The molecule has 1 unspecified atom stereocenters. The number of ether oxygens (including phenoxy) is 1. The van der Waals surface area contributed by atoms with Crippen LogP contribution in [0.1, 0.15) is 43.0 Å². The van der Waals surface area contributed by atoms with E-state index in [2.05, 4.69) is 12.2 Å². The van der Waals surface area contributed by atoms with E-state index in [1.165, 1.54) is 12.8 Å². The van der Waals surface area contributed by atoms with Gasteiger partial charge in [-0.05, 0) is 37.0 Å². The van der Waals surface area contributed by atoms with E-state index < -0.39 is 0 Å². The fourth-order valence-electron chi connectivity index (χ4n) is 2.23. The van der Waals surface area contributed by atoms with Crippen molar-refractivity contribution in [1.82, 2.24) is 5.32 Å². The number of methoxy groups -OCH3 is 1. The first-order valence-electron chi connectivity index (χ1n) is 6.88. The number of rotatable bonds is 6. The number of hydrogen-bond acceptors (Lipinski definition) is 3. The number of benzene rings is 1. The van der Waals surface area contributed by atoms with Crippen LogP contribution < -0.4 is 15.8 Å². The molecule has 1 amide bonds. The van der Waals surface area contributed by atoms with Gasteiger partial charge in [0.25, 0.3) is 5.91 Å². The molecule has 0 aliphatic heterocycles. The van der Waals surface area contributed by atoms with Crippen LogP contribution in [0.2, 0.25) is 0 Å². The van der Waals surface area contributed by atoms with Crippen molar-refractivity contribution < 1.29 is 9.53 Å². The summed E-state index contributed by atoms with van der Waals surface area (Å²) >= 11 is 0. The van der Waals surface area contributed by atoms with E-state index in [0.29, 0.717) is 17.0 Å². The Balaban J connectivity index is 1.99. The molecule has 0 saturated heterocycles.